The quantitative estimate of drug-likeness (QED) is 0.210. The fraction of sp³-hybridized carbons (Fsp3) is 0.355. The summed E-state index contributed by atoms with van der Waals surface area (Å²) in [5.74, 6) is -16.0. The van der Waals surface area contributed by atoms with Gasteiger partial charge in [0, 0.05) is 49.1 Å². The number of aryl methyl sites for hydroxylation is 1. The topological polar surface area (TPSA) is 142 Å². The number of hydrogen-bond acceptors (Lipinski definition) is 6. The predicted octanol–water partition coefficient (Wildman–Crippen LogP) is 3.27. The van der Waals surface area contributed by atoms with Crippen LogP contribution in [0, 0.1) is 42.0 Å². The van der Waals surface area contributed by atoms with Gasteiger partial charge in [0.25, 0.3) is 23.6 Å². The zero-order valence-corrected chi connectivity index (χ0v) is 25.2. The number of pyridine rings is 2. The van der Waals surface area contributed by atoms with Crippen molar-refractivity contribution in [2.75, 3.05) is 13.1 Å². The molecule has 1 saturated carbocycles. The summed E-state index contributed by atoms with van der Waals surface area (Å²) in [7, 11) is 0. The molecule has 3 aromatic rings. The van der Waals surface area contributed by atoms with E-state index >= 15 is 17.6 Å². The van der Waals surface area contributed by atoms with Crippen molar-refractivity contribution in [2.45, 2.75) is 44.7 Å². The molecule has 1 fully saturated rings. The summed E-state index contributed by atoms with van der Waals surface area (Å²) in [6.45, 7) is -2.58. The van der Waals surface area contributed by atoms with E-state index in [-0.39, 0.29) is 5.56 Å². The first-order chi connectivity index (χ1) is 23.2. The van der Waals surface area contributed by atoms with E-state index in [2.05, 4.69) is 20.6 Å². The number of aromatic nitrogens is 2. The minimum absolute atomic E-state index is 0.239. The summed E-state index contributed by atoms with van der Waals surface area (Å²) in [5.41, 5.74) is -4.22. The van der Waals surface area contributed by atoms with Crippen LogP contribution in [0.25, 0.3) is 0 Å². The van der Waals surface area contributed by atoms with Crippen LogP contribution in [0.15, 0.2) is 30.3 Å². The van der Waals surface area contributed by atoms with E-state index in [4.69, 9.17) is 0 Å². The van der Waals surface area contributed by atoms with Crippen molar-refractivity contribution < 1.29 is 54.3 Å². The Hall–Kier alpha value is -5.16. The number of alkyl halides is 4. The molecule has 0 saturated heterocycles. The molecule has 8 bridgehead atoms. The van der Waals surface area contributed by atoms with Gasteiger partial charge in [-0.3, -0.25) is 19.2 Å². The van der Waals surface area contributed by atoms with Crippen molar-refractivity contribution in [3.8, 4) is 0 Å². The molecule has 260 valence electrons. The monoisotopic (exact) mass is 698 g/mol. The largest absolute Gasteiger partial charge is 0.350 e. The van der Waals surface area contributed by atoms with E-state index in [0.29, 0.717) is 0 Å². The van der Waals surface area contributed by atoms with Crippen LogP contribution in [0.4, 0.5) is 35.1 Å². The second-order valence-electron chi connectivity index (χ2n) is 11.4. The third kappa shape index (κ3) is 7.03. The van der Waals surface area contributed by atoms with Crippen molar-refractivity contribution >= 4 is 23.6 Å². The minimum Gasteiger partial charge on any atom is -0.350 e. The lowest BCUT2D eigenvalue weighted by Crippen LogP contribution is -2.57. The second-order valence-corrected chi connectivity index (χ2v) is 11.4. The zero-order valence-electron chi connectivity index (χ0n) is 25.2. The second kappa shape index (κ2) is 14.1. The number of rotatable bonds is 0. The fourth-order valence-corrected chi connectivity index (χ4v) is 5.49. The molecule has 0 radical (unpaired) electrons. The number of carbonyl (C=O) groups excluding carboxylic acids is 4. The van der Waals surface area contributed by atoms with Gasteiger partial charge in [-0.05, 0) is 36.8 Å². The predicted molar refractivity (Wildman–Crippen MR) is 153 cm³/mol. The van der Waals surface area contributed by atoms with Gasteiger partial charge in [0.15, 0.2) is 23.3 Å². The van der Waals surface area contributed by atoms with Crippen LogP contribution < -0.4 is 21.3 Å². The van der Waals surface area contributed by atoms with Crippen LogP contribution in [0.5, 0.6) is 0 Å². The highest BCUT2D eigenvalue weighted by Crippen LogP contribution is 2.37. The lowest BCUT2D eigenvalue weighted by Gasteiger charge is -2.39. The van der Waals surface area contributed by atoms with E-state index in [1.54, 1.807) is 0 Å². The molecule has 1 aliphatic carbocycles. The molecule has 4 aliphatic heterocycles. The first kappa shape index (κ1) is 35.2. The van der Waals surface area contributed by atoms with E-state index < -0.39 is 144 Å². The highest BCUT2D eigenvalue weighted by Gasteiger charge is 2.52. The lowest BCUT2D eigenvalue weighted by atomic mass is 9.76. The average Bonchev–Trinajstić information content (AvgIpc) is 3.08. The molecule has 2 unspecified atom stereocenters. The Labute approximate surface area is 272 Å². The van der Waals surface area contributed by atoms with Crippen molar-refractivity contribution in [3.05, 3.63) is 93.1 Å². The third-order valence-electron chi connectivity index (χ3n) is 8.19. The van der Waals surface area contributed by atoms with Gasteiger partial charge >= 0.3 is 0 Å². The maximum absolute atomic E-state index is 15.1. The van der Waals surface area contributed by atoms with Crippen LogP contribution in [-0.2, 0) is 13.1 Å². The van der Waals surface area contributed by atoms with Gasteiger partial charge in [-0.2, -0.15) is 0 Å². The number of carbonyl (C=O) groups is 4. The summed E-state index contributed by atoms with van der Waals surface area (Å²) in [6.07, 6.45) is -10.5. The number of halogens is 8. The molecule has 4 N–H and O–H groups in total. The Kier molecular flexibility index (Phi) is 10.1. The number of nitrogens with one attached hydrogen (secondary N) is 4. The van der Waals surface area contributed by atoms with Gasteiger partial charge in [-0.25, -0.2) is 45.1 Å². The summed E-state index contributed by atoms with van der Waals surface area (Å²) in [6, 6.07) is 5.57. The molecule has 5 aliphatic rings. The van der Waals surface area contributed by atoms with Gasteiger partial charge in [-0.15, -0.1) is 0 Å². The Morgan fingerprint density at radius 3 is 1.29 bits per heavy atom. The first-order valence-corrected chi connectivity index (χ1v) is 14.7. The molecular formula is C31H26F8N6O4. The fourth-order valence-electron chi connectivity index (χ4n) is 5.49. The van der Waals surface area contributed by atoms with E-state index in [1.165, 1.54) is 6.92 Å². The molecule has 8 rings (SSSR count). The zero-order chi connectivity index (χ0) is 35.7. The molecule has 0 spiro atoms. The Morgan fingerprint density at radius 2 is 0.878 bits per heavy atom. The third-order valence-corrected chi connectivity index (χ3v) is 8.19. The van der Waals surface area contributed by atoms with Crippen molar-refractivity contribution in [1.29, 1.82) is 0 Å². The van der Waals surface area contributed by atoms with Crippen LogP contribution >= 0.6 is 0 Å². The molecule has 4 amide bonds. The van der Waals surface area contributed by atoms with Crippen LogP contribution in [0.2, 0.25) is 0 Å². The van der Waals surface area contributed by atoms with Crippen LogP contribution in [0.1, 0.15) is 58.6 Å². The molecule has 2 aromatic heterocycles. The molecule has 18 heteroatoms. The normalized spacial score (nSPS) is 25.3. The average molecular weight is 699 g/mol. The standard InChI is InChI=1S/C31H26F8N6O4/c1-11-5-18-30(48)42-9-14-24(36)20(32)12(21(33)25(14)37)7-40-28(46)16-3-2-4-17(44-16)29(47)41-8-13-22(34)26(38)15(27(39)23(13)35)10-43-31(49)19(6-11)45-18/h2-6,12,14,20-21,24-25H,7-10H2,1H3,(H,40,46)(H,41,47)(H,42,48)(H,43,49)/t12?,14?,20-,21+,24+,25-. The highest BCUT2D eigenvalue weighted by molar-refractivity contribution is 5.97. The van der Waals surface area contributed by atoms with Crippen molar-refractivity contribution in [1.82, 2.24) is 31.2 Å². The molecular weight excluding hydrogens is 672 g/mol. The number of hydrogen-bond donors (Lipinski definition) is 4. The van der Waals surface area contributed by atoms with Crippen LogP contribution in [0.3, 0.4) is 0 Å². The van der Waals surface area contributed by atoms with Gasteiger partial charge in [-0.1, -0.05) is 6.07 Å². The number of nitrogens with zero attached hydrogens (tertiary/aromatic N) is 2. The van der Waals surface area contributed by atoms with Gasteiger partial charge in [0.2, 0.25) is 0 Å². The highest BCUT2D eigenvalue weighted by atomic mass is 19.2. The molecule has 1 aromatic carbocycles. The summed E-state index contributed by atoms with van der Waals surface area (Å²) >= 11 is 0. The summed E-state index contributed by atoms with van der Waals surface area (Å²) in [4.78, 5) is 58.5. The minimum atomic E-state index is -2.62. The lowest BCUT2D eigenvalue weighted by molar-refractivity contribution is -0.0752. The molecule has 6 heterocycles. The van der Waals surface area contributed by atoms with E-state index in [0.717, 1.165) is 30.3 Å². The van der Waals surface area contributed by atoms with E-state index in [1.807, 2.05) is 10.6 Å². The number of benzene rings is 1. The maximum Gasteiger partial charge on any atom is 0.270 e. The van der Waals surface area contributed by atoms with Crippen molar-refractivity contribution in [2.24, 2.45) is 11.8 Å². The summed E-state index contributed by atoms with van der Waals surface area (Å²) < 4.78 is 120. The molecule has 6 atom stereocenters. The molecule has 49 heavy (non-hydrogen) atoms. The van der Waals surface area contributed by atoms with E-state index in [9.17, 15) is 36.7 Å². The number of amides is 4. The van der Waals surface area contributed by atoms with Gasteiger partial charge in [0.05, 0.1) is 0 Å². The maximum atomic E-state index is 15.1. The van der Waals surface area contributed by atoms with Crippen LogP contribution in [-0.4, -0.2) is 71.4 Å². The Bertz CT molecular complexity index is 1790. The smallest absolute Gasteiger partial charge is 0.270 e. The Morgan fingerprint density at radius 1 is 0.551 bits per heavy atom. The Balaban J connectivity index is 1.49. The SMILES string of the molecule is Cc1cc2nc(c1)C(=O)NCC1[C@@H](F)[C@@H](F)C(CNC(=O)c3cccc(n3)C(=O)NCc3c(F)c(F)c(c(F)c3F)CNC2=O)[C@@H](F)[C@H]1F. The molecule has 10 nitrogen and oxygen atoms in total. The van der Waals surface area contributed by atoms with Gasteiger partial charge < -0.3 is 21.3 Å². The van der Waals surface area contributed by atoms with Gasteiger partial charge in [0.1, 0.15) is 47.5 Å². The van der Waals surface area contributed by atoms with Crippen molar-refractivity contribution in [3.63, 3.8) is 0 Å². The summed E-state index contributed by atoms with van der Waals surface area (Å²) in [5, 5.41) is 8.25. The first-order valence-electron chi connectivity index (χ1n) is 14.7.